The Morgan fingerprint density at radius 1 is 0.964 bits per heavy atom. The molecule has 0 aliphatic carbocycles. The van der Waals surface area contributed by atoms with E-state index in [0.717, 1.165) is 5.39 Å². The molecule has 0 radical (unpaired) electrons. The first kappa shape index (κ1) is 19.3. The van der Waals surface area contributed by atoms with Gasteiger partial charge in [0.1, 0.15) is 17.2 Å². The minimum atomic E-state index is -0.221. The second kappa shape index (κ2) is 8.47. The fourth-order valence-electron chi connectivity index (χ4n) is 2.91. The Hall–Kier alpha value is -3.48. The maximum absolute atomic E-state index is 12.4. The number of pyridine rings is 1. The number of methoxy groups -OCH3 is 3. The van der Waals surface area contributed by atoms with Crippen LogP contribution in [-0.4, -0.2) is 32.2 Å². The number of carbonyl (C=O) groups is 1. The minimum absolute atomic E-state index is 0.158. The number of amides is 1. The standard InChI is InChI=1S/C21H22N2O5/c1-26-15-6-4-13-10-14(21(25)23-17(13)11-15)5-9-20(24)22-18-12-16(27-2)7-8-19(18)28-3/h4,6-8,10-12H,5,9H2,1-3H3,(H,22,24)(H,23,25). The molecule has 3 aromatic rings. The van der Waals surface area contributed by atoms with Gasteiger partial charge < -0.3 is 24.5 Å². The molecular weight excluding hydrogens is 360 g/mol. The van der Waals surface area contributed by atoms with Crippen LogP contribution < -0.4 is 25.1 Å². The molecule has 28 heavy (non-hydrogen) atoms. The van der Waals surface area contributed by atoms with Crippen molar-refractivity contribution in [1.82, 2.24) is 4.98 Å². The van der Waals surface area contributed by atoms with Crippen LogP contribution in [-0.2, 0) is 11.2 Å². The van der Waals surface area contributed by atoms with Crippen LogP contribution in [0.1, 0.15) is 12.0 Å². The highest BCUT2D eigenvalue weighted by Gasteiger charge is 2.11. The molecule has 7 heteroatoms. The van der Waals surface area contributed by atoms with Crippen LogP contribution in [0.5, 0.6) is 17.2 Å². The lowest BCUT2D eigenvalue weighted by molar-refractivity contribution is -0.116. The Morgan fingerprint density at radius 3 is 2.39 bits per heavy atom. The molecule has 0 fully saturated rings. The van der Waals surface area contributed by atoms with Crippen molar-refractivity contribution >= 4 is 22.5 Å². The predicted molar refractivity (Wildman–Crippen MR) is 108 cm³/mol. The maximum Gasteiger partial charge on any atom is 0.251 e. The number of rotatable bonds is 7. The Kier molecular flexibility index (Phi) is 5.84. The monoisotopic (exact) mass is 382 g/mol. The van der Waals surface area contributed by atoms with Gasteiger partial charge in [-0.3, -0.25) is 9.59 Å². The first-order valence-corrected chi connectivity index (χ1v) is 8.76. The summed E-state index contributed by atoms with van der Waals surface area (Å²) in [6, 6.07) is 12.4. The summed E-state index contributed by atoms with van der Waals surface area (Å²) >= 11 is 0. The van der Waals surface area contributed by atoms with Crippen molar-refractivity contribution in [2.24, 2.45) is 0 Å². The van der Waals surface area contributed by atoms with Crippen LogP contribution in [0.25, 0.3) is 10.9 Å². The molecule has 0 aliphatic rings. The lowest BCUT2D eigenvalue weighted by atomic mass is 10.1. The summed E-state index contributed by atoms with van der Waals surface area (Å²) in [7, 11) is 4.65. The van der Waals surface area contributed by atoms with E-state index in [9.17, 15) is 9.59 Å². The van der Waals surface area contributed by atoms with Gasteiger partial charge in [-0.1, -0.05) is 0 Å². The number of H-pyrrole nitrogens is 1. The summed E-state index contributed by atoms with van der Waals surface area (Å²) in [6.07, 6.45) is 0.473. The zero-order chi connectivity index (χ0) is 20.1. The number of aromatic nitrogens is 1. The van der Waals surface area contributed by atoms with Crippen LogP contribution in [0.3, 0.4) is 0 Å². The number of hydrogen-bond donors (Lipinski definition) is 2. The lowest BCUT2D eigenvalue weighted by Crippen LogP contribution is -2.17. The molecule has 0 aliphatic heterocycles. The number of ether oxygens (including phenoxy) is 3. The summed E-state index contributed by atoms with van der Waals surface area (Å²) in [6.45, 7) is 0. The van der Waals surface area contributed by atoms with Gasteiger partial charge in [0.05, 0.1) is 32.5 Å². The van der Waals surface area contributed by atoms with E-state index in [1.54, 1.807) is 44.6 Å². The maximum atomic E-state index is 12.4. The van der Waals surface area contributed by atoms with E-state index < -0.39 is 0 Å². The first-order chi connectivity index (χ1) is 13.5. The van der Waals surface area contributed by atoms with Gasteiger partial charge in [0, 0.05) is 24.1 Å². The van der Waals surface area contributed by atoms with Gasteiger partial charge in [0.15, 0.2) is 0 Å². The van der Waals surface area contributed by atoms with Crippen LogP contribution >= 0.6 is 0 Å². The molecule has 2 N–H and O–H groups in total. The highest BCUT2D eigenvalue weighted by atomic mass is 16.5. The third-order valence-corrected chi connectivity index (χ3v) is 4.43. The largest absolute Gasteiger partial charge is 0.497 e. The van der Waals surface area contributed by atoms with E-state index in [2.05, 4.69) is 10.3 Å². The second-order valence-electron chi connectivity index (χ2n) is 6.19. The van der Waals surface area contributed by atoms with E-state index in [1.165, 1.54) is 7.11 Å². The third kappa shape index (κ3) is 4.25. The van der Waals surface area contributed by atoms with Gasteiger partial charge in [-0.05, 0) is 42.1 Å². The summed E-state index contributed by atoms with van der Waals surface area (Å²) in [5, 5.41) is 3.69. The molecule has 3 rings (SSSR count). The number of nitrogens with one attached hydrogen (secondary N) is 2. The topological polar surface area (TPSA) is 89.7 Å². The Balaban J connectivity index is 1.72. The zero-order valence-corrected chi connectivity index (χ0v) is 16.0. The number of anilines is 1. The lowest BCUT2D eigenvalue weighted by Gasteiger charge is -2.12. The summed E-state index contributed by atoms with van der Waals surface area (Å²) in [5.74, 6) is 1.59. The minimum Gasteiger partial charge on any atom is -0.497 e. The molecule has 1 heterocycles. The molecule has 0 saturated carbocycles. The highest BCUT2D eigenvalue weighted by Crippen LogP contribution is 2.29. The molecule has 1 amide bonds. The second-order valence-corrected chi connectivity index (χ2v) is 6.19. The van der Waals surface area contributed by atoms with Crippen molar-refractivity contribution in [3.8, 4) is 17.2 Å². The van der Waals surface area contributed by atoms with Gasteiger partial charge in [-0.15, -0.1) is 0 Å². The smallest absolute Gasteiger partial charge is 0.251 e. The zero-order valence-electron chi connectivity index (χ0n) is 16.0. The van der Waals surface area contributed by atoms with Gasteiger partial charge in [0.2, 0.25) is 5.91 Å². The SMILES string of the molecule is COc1ccc(OC)c(NC(=O)CCc2cc3ccc(OC)cc3[nH]c2=O)c1. The van der Waals surface area contributed by atoms with Gasteiger partial charge in [-0.25, -0.2) is 0 Å². The van der Waals surface area contributed by atoms with Crippen LogP contribution in [0, 0.1) is 0 Å². The number of fused-ring (bicyclic) bond motifs is 1. The van der Waals surface area contributed by atoms with Crippen molar-refractivity contribution in [1.29, 1.82) is 0 Å². The number of benzene rings is 2. The highest BCUT2D eigenvalue weighted by molar-refractivity contribution is 5.92. The van der Waals surface area contributed by atoms with Crippen LogP contribution in [0.2, 0.25) is 0 Å². The molecule has 2 aromatic carbocycles. The molecule has 0 spiro atoms. The molecule has 7 nitrogen and oxygen atoms in total. The molecule has 0 unspecified atom stereocenters. The quantitative estimate of drug-likeness (QED) is 0.655. The van der Waals surface area contributed by atoms with Crippen molar-refractivity contribution in [2.45, 2.75) is 12.8 Å². The third-order valence-electron chi connectivity index (χ3n) is 4.43. The van der Waals surface area contributed by atoms with Gasteiger partial charge in [0.25, 0.3) is 5.56 Å². The molecule has 0 atom stereocenters. The molecule has 0 bridgehead atoms. The van der Waals surface area contributed by atoms with Crippen molar-refractivity contribution in [2.75, 3.05) is 26.6 Å². The summed E-state index contributed by atoms with van der Waals surface area (Å²) < 4.78 is 15.6. The van der Waals surface area contributed by atoms with Crippen molar-refractivity contribution in [3.05, 3.63) is 58.4 Å². The Morgan fingerprint density at radius 2 is 1.68 bits per heavy atom. The normalized spacial score (nSPS) is 10.5. The van der Waals surface area contributed by atoms with Crippen molar-refractivity contribution < 1.29 is 19.0 Å². The number of aryl methyl sites for hydroxylation is 1. The average Bonchev–Trinajstić information content (AvgIpc) is 2.71. The van der Waals surface area contributed by atoms with Gasteiger partial charge >= 0.3 is 0 Å². The van der Waals surface area contributed by atoms with E-state index >= 15 is 0 Å². The molecule has 1 aromatic heterocycles. The van der Waals surface area contributed by atoms with E-state index in [1.807, 2.05) is 12.1 Å². The fourth-order valence-corrected chi connectivity index (χ4v) is 2.91. The predicted octanol–water partition coefficient (Wildman–Crippen LogP) is 3.13. The Bertz CT molecular complexity index is 1060. The fraction of sp³-hybridized carbons (Fsp3) is 0.238. The molecular formula is C21H22N2O5. The van der Waals surface area contributed by atoms with Gasteiger partial charge in [-0.2, -0.15) is 0 Å². The number of hydrogen-bond acceptors (Lipinski definition) is 5. The number of carbonyl (C=O) groups excluding carboxylic acids is 1. The van der Waals surface area contributed by atoms with Crippen LogP contribution in [0.15, 0.2) is 47.3 Å². The first-order valence-electron chi connectivity index (χ1n) is 8.76. The molecule has 146 valence electrons. The molecule has 0 saturated heterocycles. The Labute approximate surface area is 162 Å². The van der Waals surface area contributed by atoms with Crippen LogP contribution in [0.4, 0.5) is 5.69 Å². The van der Waals surface area contributed by atoms with E-state index in [4.69, 9.17) is 14.2 Å². The summed E-state index contributed by atoms with van der Waals surface area (Å²) in [4.78, 5) is 27.5. The number of aromatic amines is 1. The van der Waals surface area contributed by atoms with E-state index in [0.29, 0.717) is 40.4 Å². The van der Waals surface area contributed by atoms with E-state index in [-0.39, 0.29) is 17.9 Å². The average molecular weight is 382 g/mol. The summed E-state index contributed by atoms with van der Waals surface area (Å²) in [5.41, 5.74) is 1.54. The van der Waals surface area contributed by atoms with Crippen molar-refractivity contribution in [3.63, 3.8) is 0 Å².